The van der Waals surface area contributed by atoms with Crippen LogP contribution < -0.4 is 5.32 Å². The van der Waals surface area contributed by atoms with Gasteiger partial charge in [-0.25, -0.2) is 0 Å². The van der Waals surface area contributed by atoms with Crippen LogP contribution in [0.3, 0.4) is 0 Å². The van der Waals surface area contributed by atoms with Crippen molar-refractivity contribution in [1.29, 1.82) is 0 Å². The van der Waals surface area contributed by atoms with Gasteiger partial charge in [-0.3, -0.25) is 0 Å². The van der Waals surface area contributed by atoms with Gasteiger partial charge in [-0.1, -0.05) is 52.4 Å². The summed E-state index contributed by atoms with van der Waals surface area (Å²) in [4.78, 5) is 0. The van der Waals surface area contributed by atoms with Gasteiger partial charge < -0.3 is 5.32 Å². The highest BCUT2D eigenvalue weighted by Crippen LogP contribution is 2.31. The maximum absolute atomic E-state index is 4.03. The van der Waals surface area contributed by atoms with E-state index in [-0.39, 0.29) is 0 Å². The molecule has 2 aliphatic carbocycles. The van der Waals surface area contributed by atoms with E-state index in [0.29, 0.717) is 0 Å². The van der Waals surface area contributed by atoms with Gasteiger partial charge >= 0.3 is 0 Å². The summed E-state index contributed by atoms with van der Waals surface area (Å²) in [5.74, 6) is 1.80. The highest BCUT2D eigenvalue weighted by molar-refractivity contribution is 4.86. The fraction of sp³-hybridized carbons (Fsp3) is 1.00. The topological polar surface area (TPSA) is 12.0 Å². The van der Waals surface area contributed by atoms with Crippen molar-refractivity contribution in [2.45, 2.75) is 90.1 Å². The van der Waals surface area contributed by atoms with Crippen LogP contribution >= 0.6 is 0 Å². The molecule has 0 saturated heterocycles. The molecule has 1 N–H and O–H groups in total. The molecule has 0 bridgehead atoms. The second kappa shape index (κ2) is 6.78. The molecule has 0 amide bonds. The lowest BCUT2D eigenvalue weighted by Crippen LogP contribution is -2.45. The molecule has 2 aliphatic rings. The van der Waals surface area contributed by atoms with E-state index in [4.69, 9.17) is 0 Å². The largest absolute Gasteiger partial charge is 0.311 e. The molecule has 17 heavy (non-hydrogen) atoms. The Balaban J connectivity index is 1.85. The number of rotatable bonds is 3. The van der Waals surface area contributed by atoms with Crippen LogP contribution in [0, 0.1) is 11.8 Å². The monoisotopic (exact) mass is 237 g/mol. The first-order valence-electron chi connectivity index (χ1n) is 8.03. The van der Waals surface area contributed by atoms with Crippen LogP contribution in [0.2, 0.25) is 0 Å². The summed E-state index contributed by atoms with van der Waals surface area (Å²) < 4.78 is 0. The molecule has 0 aromatic rings. The van der Waals surface area contributed by atoms with Gasteiger partial charge in [-0.15, -0.1) is 0 Å². The van der Waals surface area contributed by atoms with E-state index in [1.54, 1.807) is 0 Å². The molecule has 2 atom stereocenters. The van der Waals surface area contributed by atoms with E-state index in [9.17, 15) is 0 Å². The molecule has 1 heteroatoms. The van der Waals surface area contributed by atoms with Crippen molar-refractivity contribution in [1.82, 2.24) is 5.32 Å². The SMILES string of the molecule is CC(C)C1CCCCC1NC1CCCCCC1. The van der Waals surface area contributed by atoms with E-state index in [1.165, 1.54) is 64.2 Å². The minimum absolute atomic E-state index is 0.826. The molecule has 0 aromatic carbocycles. The summed E-state index contributed by atoms with van der Waals surface area (Å²) in [7, 11) is 0. The summed E-state index contributed by atoms with van der Waals surface area (Å²) in [6.07, 6.45) is 14.5. The average molecular weight is 237 g/mol. The first kappa shape index (κ1) is 13.4. The van der Waals surface area contributed by atoms with E-state index >= 15 is 0 Å². The number of nitrogens with one attached hydrogen (secondary N) is 1. The van der Waals surface area contributed by atoms with Crippen molar-refractivity contribution >= 4 is 0 Å². The second-order valence-electron chi connectivity index (χ2n) is 6.65. The van der Waals surface area contributed by atoms with E-state index in [0.717, 1.165) is 23.9 Å². The molecule has 0 aromatic heterocycles. The van der Waals surface area contributed by atoms with Gasteiger partial charge in [0.25, 0.3) is 0 Å². The molecule has 2 unspecified atom stereocenters. The standard InChI is InChI=1S/C16H31N/c1-13(2)15-11-7-8-12-16(15)17-14-9-5-3-4-6-10-14/h13-17H,3-12H2,1-2H3. The molecule has 0 aliphatic heterocycles. The number of hydrogen-bond donors (Lipinski definition) is 1. The Labute approximate surface area is 108 Å². The zero-order valence-corrected chi connectivity index (χ0v) is 11.9. The molecule has 2 saturated carbocycles. The Hall–Kier alpha value is -0.0400. The predicted octanol–water partition coefficient (Wildman–Crippen LogP) is 4.51. The summed E-state index contributed by atoms with van der Waals surface area (Å²) in [6, 6.07) is 1.66. The summed E-state index contributed by atoms with van der Waals surface area (Å²) in [6.45, 7) is 4.83. The third-order valence-electron chi connectivity index (χ3n) is 4.98. The zero-order chi connectivity index (χ0) is 12.1. The Morgan fingerprint density at radius 3 is 2.00 bits per heavy atom. The predicted molar refractivity (Wildman–Crippen MR) is 75.2 cm³/mol. The van der Waals surface area contributed by atoms with Crippen LogP contribution in [0.1, 0.15) is 78.1 Å². The minimum Gasteiger partial charge on any atom is -0.311 e. The van der Waals surface area contributed by atoms with Crippen molar-refractivity contribution < 1.29 is 0 Å². The molecule has 100 valence electrons. The van der Waals surface area contributed by atoms with Crippen molar-refractivity contribution in [3.05, 3.63) is 0 Å². The quantitative estimate of drug-likeness (QED) is 0.712. The van der Waals surface area contributed by atoms with E-state index in [1.807, 2.05) is 0 Å². The van der Waals surface area contributed by atoms with Gasteiger partial charge in [-0.05, 0) is 37.5 Å². The van der Waals surface area contributed by atoms with Crippen LogP contribution in [0.5, 0.6) is 0 Å². The van der Waals surface area contributed by atoms with Crippen LogP contribution in [0.15, 0.2) is 0 Å². The lowest BCUT2D eigenvalue weighted by atomic mass is 9.77. The molecule has 1 nitrogen and oxygen atoms in total. The Morgan fingerprint density at radius 1 is 0.765 bits per heavy atom. The molecule has 0 radical (unpaired) electrons. The minimum atomic E-state index is 0.826. The highest BCUT2D eigenvalue weighted by Gasteiger charge is 2.29. The third kappa shape index (κ3) is 3.98. The zero-order valence-electron chi connectivity index (χ0n) is 11.9. The molecule has 2 fully saturated rings. The Bertz CT molecular complexity index is 204. The van der Waals surface area contributed by atoms with Crippen LogP contribution in [-0.2, 0) is 0 Å². The first-order valence-corrected chi connectivity index (χ1v) is 8.03. The fourth-order valence-corrected chi connectivity index (χ4v) is 3.91. The maximum atomic E-state index is 4.03. The molecule has 0 heterocycles. The van der Waals surface area contributed by atoms with E-state index < -0.39 is 0 Å². The first-order chi connectivity index (χ1) is 8.27. The Kier molecular flexibility index (Phi) is 5.34. The van der Waals surface area contributed by atoms with Gasteiger partial charge in [0.05, 0.1) is 0 Å². The Morgan fingerprint density at radius 2 is 1.35 bits per heavy atom. The summed E-state index contributed by atoms with van der Waals surface area (Å²) in [5, 5.41) is 4.03. The molecular formula is C16H31N. The fourth-order valence-electron chi connectivity index (χ4n) is 3.91. The van der Waals surface area contributed by atoms with Gasteiger partial charge in [0, 0.05) is 12.1 Å². The molecule has 2 rings (SSSR count). The van der Waals surface area contributed by atoms with Crippen molar-refractivity contribution in [3.8, 4) is 0 Å². The van der Waals surface area contributed by atoms with Gasteiger partial charge in [-0.2, -0.15) is 0 Å². The van der Waals surface area contributed by atoms with Gasteiger partial charge in [0.1, 0.15) is 0 Å². The van der Waals surface area contributed by atoms with Crippen molar-refractivity contribution in [2.75, 3.05) is 0 Å². The third-order valence-corrected chi connectivity index (χ3v) is 4.98. The van der Waals surface area contributed by atoms with Gasteiger partial charge in [0.2, 0.25) is 0 Å². The highest BCUT2D eigenvalue weighted by atomic mass is 15.0. The average Bonchev–Trinajstić information content (AvgIpc) is 2.58. The number of hydrogen-bond acceptors (Lipinski definition) is 1. The smallest absolute Gasteiger partial charge is 0.0100 e. The molecular weight excluding hydrogens is 206 g/mol. The van der Waals surface area contributed by atoms with E-state index in [2.05, 4.69) is 19.2 Å². The summed E-state index contributed by atoms with van der Waals surface area (Å²) >= 11 is 0. The van der Waals surface area contributed by atoms with Crippen molar-refractivity contribution in [3.63, 3.8) is 0 Å². The van der Waals surface area contributed by atoms with Crippen LogP contribution in [0.25, 0.3) is 0 Å². The maximum Gasteiger partial charge on any atom is 0.0100 e. The lowest BCUT2D eigenvalue weighted by molar-refractivity contribution is 0.187. The van der Waals surface area contributed by atoms with Crippen LogP contribution in [-0.4, -0.2) is 12.1 Å². The normalized spacial score (nSPS) is 32.6. The van der Waals surface area contributed by atoms with Crippen LogP contribution in [0.4, 0.5) is 0 Å². The molecule has 0 spiro atoms. The van der Waals surface area contributed by atoms with Gasteiger partial charge in [0.15, 0.2) is 0 Å². The van der Waals surface area contributed by atoms with Crippen molar-refractivity contribution in [2.24, 2.45) is 11.8 Å². The second-order valence-corrected chi connectivity index (χ2v) is 6.65. The summed E-state index contributed by atoms with van der Waals surface area (Å²) in [5.41, 5.74) is 0. The lowest BCUT2D eigenvalue weighted by Gasteiger charge is -2.37.